The van der Waals surface area contributed by atoms with Gasteiger partial charge in [0, 0.05) is 5.69 Å². The first-order valence-corrected chi connectivity index (χ1v) is 5.39. The molecule has 0 unspecified atom stereocenters. The third-order valence-corrected chi connectivity index (χ3v) is 1.22. The number of carboxylic acid groups (broad SMARTS) is 1. The Morgan fingerprint density at radius 1 is 1.18 bits per heavy atom. The van der Waals surface area contributed by atoms with Crippen LogP contribution in [-0.4, -0.2) is 35.1 Å². The summed E-state index contributed by atoms with van der Waals surface area (Å²) in [5.41, 5.74) is 0.829. The van der Waals surface area contributed by atoms with Gasteiger partial charge in [-0.2, -0.15) is 8.42 Å². The van der Waals surface area contributed by atoms with Crippen LogP contribution in [0.15, 0.2) is 30.3 Å². The number of hydrogen-bond acceptors (Lipinski definition) is 5. The van der Waals surface area contributed by atoms with Crippen LogP contribution in [-0.2, 0) is 15.2 Å². The van der Waals surface area contributed by atoms with E-state index < -0.39 is 16.4 Å². The van der Waals surface area contributed by atoms with Gasteiger partial charge < -0.3 is 16.6 Å². The number of aliphatic carboxylic acids is 1. The van der Waals surface area contributed by atoms with Gasteiger partial charge in [-0.15, -0.1) is 0 Å². The Morgan fingerprint density at radius 3 is 1.94 bits per heavy atom. The summed E-state index contributed by atoms with van der Waals surface area (Å²) >= 11 is 0. The first-order chi connectivity index (χ1) is 7.29. The number of rotatable bonds is 3. The molecule has 0 bridgehead atoms. The van der Waals surface area contributed by atoms with Crippen LogP contribution < -0.4 is 11.5 Å². The fraction of sp³-hybridized carbons (Fsp3) is 0.125. The number of carbonyl (C=O) groups is 1. The molecule has 0 spiro atoms. The zero-order chi connectivity index (χ0) is 12.6. The molecule has 0 atom stereocenters. The number of nitrogens with one attached hydrogen (secondary N) is 1. The minimum Gasteiger partial charge on any atom is -0.480 e. The average molecular weight is 266 g/mol. The predicted octanol–water partition coefficient (Wildman–Crippen LogP) is 0.692. The maximum absolute atomic E-state index is 10.1. The Morgan fingerprint density at radius 2 is 1.59 bits per heavy atom. The average Bonchev–Trinajstić information content (AvgIpc) is 2.14. The summed E-state index contributed by atoms with van der Waals surface area (Å²) in [4.78, 5) is 10.1. The van der Waals surface area contributed by atoms with Crippen molar-refractivity contribution >= 4 is 22.1 Å². The second-order valence-corrected chi connectivity index (χ2v) is 3.46. The second kappa shape index (κ2) is 8.47. The lowest BCUT2D eigenvalue weighted by Gasteiger charge is -2.00. The number of anilines is 1. The van der Waals surface area contributed by atoms with Gasteiger partial charge in [-0.3, -0.25) is 13.9 Å². The molecule has 1 aromatic carbocycles. The van der Waals surface area contributed by atoms with E-state index in [9.17, 15) is 4.79 Å². The van der Waals surface area contributed by atoms with E-state index in [-0.39, 0.29) is 12.7 Å². The van der Waals surface area contributed by atoms with Crippen LogP contribution in [0.25, 0.3) is 0 Å². The van der Waals surface area contributed by atoms with Crippen molar-refractivity contribution in [3.8, 4) is 0 Å². The van der Waals surface area contributed by atoms with E-state index in [1.54, 1.807) is 0 Å². The lowest BCUT2D eigenvalue weighted by Crippen LogP contribution is -2.11. The molecule has 0 aromatic heterocycles. The van der Waals surface area contributed by atoms with Crippen LogP contribution in [0.5, 0.6) is 0 Å². The summed E-state index contributed by atoms with van der Waals surface area (Å²) in [6, 6.07) is 9.23. The first kappa shape index (κ1) is 17.7. The molecular formula is C8H14N2O6S. The van der Waals surface area contributed by atoms with E-state index >= 15 is 0 Å². The zero-order valence-corrected chi connectivity index (χ0v) is 9.59. The minimum atomic E-state index is -4.67. The molecule has 0 saturated carbocycles. The molecule has 0 aliphatic carbocycles. The quantitative estimate of drug-likeness (QED) is 0.499. The summed E-state index contributed by atoms with van der Waals surface area (Å²) in [6.45, 7) is -0.0377. The van der Waals surface area contributed by atoms with Gasteiger partial charge in [0.15, 0.2) is 0 Å². The van der Waals surface area contributed by atoms with E-state index in [0.29, 0.717) is 0 Å². The Bertz CT molecular complexity index is 411. The van der Waals surface area contributed by atoms with Gasteiger partial charge in [-0.1, -0.05) is 18.2 Å². The van der Waals surface area contributed by atoms with Crippen molar-refractivity contribution in [3.05, 3.63) is 30.3 Å². The number of hydrogen-bond donors (Lipinski definition) is 5. The zero-order valence-electron chi connectivity index (χ0n) is 8.78. The molecule has 7 N–H and O–H groups in total. The molecule has 0 fully saturated rings. The molecule has 0 aliphatic heterocycles. The molecule has 0 amide bonds. The van der Waals surface area contributed by atoms with E-state index in [1.165, 1.54) is 0 Å². The molecule has 0 aliphatic rings. The molecule has 9 heteroatoms. The second-order valence-electron chi connectivity index (χ2n) is 2.56. The fourth-order valence-electron chi connectivity index (χ4n) is 0.734. The highest BCUT2D eigenvalue weighted by atomic mass is 32.3. The normalized spacial score (nSPS) is 9.29. The molecule has 8 nitrogen and oxygen atoms in total. The van der Waals surface area contributed by atoms with Crippen LogP contribution in [0.3, 0.4) is 0 Å². The van der Waals surface area contributed by atoms with Crippen molar-refractivity contribution in [3.63, 3.8) is 0 Å². The highest BCUT2D eigenvalue weighted by molar-refractivity contribution is 7.79. The standard InChI is InChI=1S/C8H9NO2.H3N.H2O4S/c10-8(11)6-9-7-4-2-1-3-5-7;;1-5(2,3)4/h1-5,9H,6H2,(H,10,11);1H3;(H2,1,2,3,4). The van der Waals surface area contributed by atoms with E-state index in [0.717, 1.165) is 5.69 Å². The maximum Gasteiger partial charge on any atom is 0.394 e. The minimum absolute atomic E-state index is 0. The smallest absolute Gasteiger partial charge is 0.394 e. The Hall–Kier alpha value is -1.68. The Labute approximate surface area is 98.4 Å². The van der Waals surface area contributed by atoms with Gasteiger partial charge >= 0.3 is 16.4 Å². The van der Waals surface area contributed by atoms with Gasteiger partial charge in [0.2, 0.25) is 0 Å². The summed E-state index contributed by atoms with van der Waals surface area (Å²) in [5.74, 6) is -0.853. The van der Waals surface area contributed by atoms with Crippen molar-refractivity contribution in [2.45, 2.75) is 0 Å². The van der Waals surface area contributed by atoms with Gasteiger partial charge in [-0.25, -0.2) is 0 Å². The molecule has 17 heavy (non-hydrogen) atoms. The van der Waals surface area contributed by atoms with Gasteiger partial charge in [-0.05, 0) is 12.1 Å². The predicted molar refractivity (Wildman–Crippen MR) is 61.8 cm³/mol. The largest absolute Gasteiger partial charge is 0.480 e. The lowest BCUT2D eigenvalue weighted by atomic mass is 10.3. The highest BCUT2D eigenvalue weighted by Crippen LogP contribution is 2.03. The van der Waals surface area contributed by atoms with Crippen LogP contribution in [0, 0.1) is 0 Å². The molecule has 0 saturated heterocycles. The van der Waals surface area contributed by atoms with Gasteiger partial charge in [0.25, 0.3) is 0 Å². The summed E-state index contributed by atoms with van der Waals surface area (Å²) in [6.07, 6.45) is 0. The maximum atomic E-state index is 10.1. The summed E-state index contributed by atoms with van der Waals surface area (Å²) in [5, 5.41) is 11.1. The summed E-state index contributed by atoms with van der Waals surface area (Å²) < 4.78 is 31.6. The van der Waals surface area contributed by atoms with Gasteiger partial charge in [0.1, 0.15) is 6.54 Å². The van der Waals surface area contributed by atoms with Crippen molar-refractivity contribution in [2.75, 3.05) is 11.9 Å². The number of para-hydroxylation sites is 1. The van der Waals surface area contributed by atoms with Crippen LogP contribution in [0.2, 0.25) is 0 Å². The van der Waals surface area contributed by atoms with E-state index in [2.05, 4.69) is 5.32 Å². The van der Waals surface area contributed by atoms with E-state index in [1.807, 2.05) is 30.3 Å². The molecule has 0 heterocycles. The van der Waals surface area contributed by atoms with Gasteiger partial charge in [0.05, 0.1) is 0 Å². The van der Waals surface area contributed by atoms with Crippen LogP contribution in [0.4, 0.5) is 5.69 Å². The van der Waals surface area contributed by atoms with Crippen molar-refractivity contribution in [2.24, 2.45) is 0 Å². The number of carboxylic acids is 1. The molecular weight excluding hydrogens is 252 g/mol. The topological polar surface area (TPSA) is 159 Å². The van der Waals surface area contributed by atoms with Crippen molar-refractivity contribution in [1.29, 1.82) is 0 Å². The molecule has 1 aromatic rings. The fourth-order valence-corrected chi connectivity index (χ4v) is 0.734. The Balaban J connectivity index is 0. The van der Waals surface area contributed by atoms with Crippen molar-refractivity contribution < 1.29 is 27.4 Å². The highest BCUT2D eigenvalue weighted by Gasteiger charge is 1.94. The molecule has 0 radical (unpaired) electrons. The lowest BCUT2D eigenvalue weighted by molar-refractivity contribution is -0.134. The van der Waals surface area contributed by atoms with Crippen molar-refractivity contribution in [1.82, 2.24) is 6.15 Å². The van der Waals surface area contributed by atoms with Crippen LogP contribution in [0.1, 0.15) is 0 Å². The first-order valence-electron chi connectivity index (χ1n) is 3.99. The van der Waals surface area contributed by atoms with Crippen LogP contribution >= 0.6 is 0 Å². The third kappa shape index (κ3) is 17.0. The summed E-state index contributed by atoms with van der Waals surface area (Å²) in [7, 11) is -4.67. The number of benzene rings is 1. The van der Waals surface area contributed by atoms with E-state index in [4.69, 9.17) is 22.6 Å². The molecule has 98 valence electrons. The molecule has 1 rings (SSSR count). The SMILES string of the molecule is N.O=C(O)CNc1ccccc1.O=S(=O)(O)O. The monoisotopic (exact) mass is 266 g/mol. The third-order valence-electron chi connectivity index (χ3n) is 1.22. The Kier molecular flexibility index (Phi) is 8.82.